The third-order valence-corrected chi connectivity index (χ3v) is 6.71. The number of aromatic carboxylic acids is 1. The number of aliphatic hydroxyl groups is 1. The summed E-state index contributed by atoms with van der Waals surface area (Å²) in [4.78, 5) is 31.3. The van der Waals surface area contributed by atoms with Crippen molar-refractivity contribution in [2.75, 3.05) is 4.90 Å². The van der Waals surface area contributed by atoms with E-state index in [0.29, 0.717) is 11.6 Å². The van der Waals surface area contributed by atoms with Crippen LogP contribution in [-0.2, 0) is 11.4 Å². The van der Waals surface area contributed by atoms with Gasteiger partial charge in [0.1, 0.15) is 5.56 Å². The number of anilines is 1. The Morgan fingerprint density at radius 1 is 1.09 bits per heavy atom. The minimum Gasteiger partial charge on any atom is -0.477 e. The third kappa shape index (κ3) is 5.27. The molecule has 0 spiro atoms. The molecule has 0 saturated heterocycles. The largest absolute Gasteiger partial charge is 0.477 e. The third-order valence-electron chi connectivity index (χ3n) is 6.71. The highest BCUT2D eigenvalue weighted by Crippen LogP contribution is 2.33. The maximum atomic E-state index is 13.5. The Balaban J connectivity index is 1.66. The van der Waals surface area contributed by atoms with E-state index in [9.17, 15) is 19.8 Å². The van der Waals surface area contributed by atoms with Gasteiger partial charge in [-0.2, -0.15) is 0 Å². The predicted octanol–water partition coefficient (Wildman–Crippen LogP) is 4.69. The zero-order valence-electron chi connectivity index (χ0n) is 20.4. The Morgan fingerprint density at radius 3 is 2.37 bits per heavy atom. The first-order valence-corrected chi connectivity index (χ1v) is 12.1. The molecule has 2 heterocycles. The molecule has 2 aromatic heterocycles. The Labute approximate surface area is 205 Å². The molecule has 2 N–H and O–H groups in total. The van der Waals surface area contributed by atoms with Crippen molar-refractivity contribution in [3.8, 4) is 16.8 Å². The van der Waals surface area contributed by atoms with E-state index < -0.39 is 5.97 Å². The summed E-state index contributed by atoms with van der Waals surface area (Å²) in [5, 5.41) is 23.9. The van der Waals surface area contributed by atoms with Crippen molar-refractivity contribution >= 4 is 17.7 Å². The zero-order valence-corrected chi connectivity index (χ0v) is 20.4. The fourth-order valence-corrected chi connectivity index (χ4v) is 4.67. The summed E-state index contributed by atoms with van der Waals surface area (Å²) in [7, 11) is 0. The maximum absolute atomic E-state index is 13.5. The molecule has 184 valence electrons. The highest BCUT2D eigenvalue weighted by molar-refractivity contribution is 6.01. The van der Waals surface area contributed by atoms with E-state index in [0.717, 1.165) is 42.4 Å². The summed E-state index contributed by atoms with van der Waals surface area (Å²) < 4.78 is 1.51. The van der Waals surface area contributed by atoms with Gasteiger partial charge in [-0.25, -0.2) is 9.48 Å². The van der Waals surface area contributed by atoms with Gasteiger partial charge in [-0.3, -0.25) is 14.7 Å². The lowest BCUT2D eigenvalue weighted by molar-refractivity contribution is -0.124. The molecule has 8 heteroatoms. The first-order chi connectivity index (χ1) is 16.8. The lowest BCUT2D eigenvalue weighted by Crippen LogP contribution is -2.43. The topological polar surface area (TPSA) is 109 Å². The molecule has 0 atom stereocenters. The second-order valence-corrected chi connectivity index (χ2v) is 9.66. The van der Waals surface area contributed by atoms with Crippen LogP contribution in [-0.4, -0.2) is 42.9 Å². The van der Waals surface area contributed by atoms with Crippen LogP contribution < -0.4 is 4.90 Å². The first kappa shape index (κ1) is 24.6. The van der Waals surface area contributed by atoms with E-state index in [1.165, 1.54) is 10.9 Å². The zero-order chi connectivity index (χ0) is 25.1. The molecular weight excluding hydrogens is 444 g/mol. The van der Waals surface area contributed by atoms with Gasteiger partial charge in [-0.05, 0) is 74.8 Å². The molecule has 1 aliphatic carbocycles. The Hall–Kier alpha value is -3.52. The first-order valence-electron chi connectivity index (χ1n) is 12.1. The van der Waals surface area contributed by atoms with E-state index in [4.69, 9.17) is 0 Å². The molecular formula is C27H32N4O4. The number of hydrogen-bond donors (Lipinski definition) is 2. The van der Waals surface area contributed by atoms with Gasteiger partial charge >= 0.3 is 5.97 Å². The minimum atomic E-state index is -1.12. The summed E-state index contributed by atoms with van der Waals surface area (Å²) in [5.74, 6) is -0.482. The monoisotopic (exact) mass is 476 g/mol. The highest BCUT2D eigenvalue weighted by Gasteiger charge is 2.34. The number of nitrogens with zero attached hydrogens (tertiary/aromatic N) is 4. The number of aromatic nitrogens is 3. The van der Waals surface area contributed by atoms with Crippen LogP contribution in [0.25, 0.3) is 16.8 Å². The standard InChI is InChI=1S/C27H32N4O4/c1-17(2)31(26(33)21-6-4-18(3)5-7-21)25-24(27(34)35)15-30(29-25)23-10-8-20(9-11-23)22-12-19(16-32)13-28-14-22/h8-15,17-18,21,32H,4-7,16H2,1-3H3,(H,34,35). The van der Waals surface area contributed by atoms with E-state index in [1.807, 2.05) is 44.2 Å². The normalized spacial score (nSPS) is 18.0. The van der Waals surface area contributed by atoms with Crippen molar-refractivity contribution < 1.29 is 19.8 Å². The van der Waals surface area contributed by atoms with Gasteiger partial charge in [0.2, 0.25) is 5.91 Å². The molecule has 1 aliphatic rings. The van der Waals surface area contributed by atoms with Crippen LogP contribution in [0, 0.1) is 11.8 Å². The van der Waals surface area contributed by atoms with Crippen LogP contribution in [0.5, 0.6) is 0 Å². The molecule has 1 aromatic carbocycles. The highest BCUT2D eigenvalue weighted by atomic mass is 16.4. The number of aliphatic hydroxyl groups excluding tert-OH is 1. The lowest BCUT2D eigenvalue weighted by Gasteiger charge is -2.32. The Bertz CT molecular complexity index is 1190. The van der Waals surface area contributed by atoms with E-state index in [-0.39, 0.29) is 35.9 Å². The van der Waals surface area contributed by atoms with E-state index >= 15 is 0 Å². The smallest absolute Gasteiger partial charge is 0.341 e. The molecule has 1 amide bonds. The van der Waals surface area contributed by atoms with E-state index in [1.54, 1.807) is 17.3 Å². The Kier molecular flexibility index (Phi) is 7.31. The molecule has 8 nitrogen and oxygen atoms in total. The molecule has 3 aromatic rings. The molecule has 1 fully saturated rings. The number of pyridine rings is 1. The van der Waals surface area contributed by atoms with Crippen LogP contribution in [0.15, 0.2) is 48.9 Å². The fraction of sp³-hybridized carbons (Fsp3) is 0.407. The van der Waals surface area contributed by atoms with Crippen LogP contribution in [0.1, 0.15) is 62.4 Å². The number of carbonyl (C=O) groups is 2. The average Bonchev–Trinajstić information content (AvgIpc) is 3.29. The van der Waals surface area contributed by atoms with Gasteiger partial charge in [0.05, 0.1) is 12.3 Å². The second-order valence-electron chi connectivity index (χ2n) is 9.66. The maximum Gasteiger partial charge on any atom is 0.341 e. The summed E-state index contributed by atoms with van der Waals surface area (Å²) in [6, 6.07) is 9.11. The van der Waals surface area contributed by atoms with Crippen molar-refractivity contribution in [3.05, 3.63) is 60.0 Å². The molecule has 4 rings (SSSR count). The molecule has 0 radical (unpaired) electrons. The molecule has 0 bridgehead atoms. The SMILES string of the molecule is CC1CCC(C(=O)N(c2nn(-c3ccc(-c4cncc(CO)c4)cc3)cc2C(=O)O)C(C)C)CC1. The number of hydrogen-bond acceptors (Lipinski definition) is 5. The van der Waals surface area contributed by atoms with Gasteiger partial charge in [-0.1, -0.05) is 19.1 Å². The van der Waals surface area contributed by atoms with Crippen molar-refractivity contribution in [1.29, 1.82) is 0 Å². The summed E-state index contributed by atoms with van der Waals surface area (Å²) in [6.07, 6.45) is 8.46. The number of rotatable bonds is 7. The van der Waals surface area contributed by atoms with Gasteiger partial charge in [0.25, 0.3) is 0 Å². The number of benzene rings is 1. The van der Waals surface area contributed by atoms with Crippen molar-refractivity contribution in [2.45, 2.75) is 59.1 Å². The average molecular weight is 477 g/mol. The molecule has 35 heavy (non-hydrogen) atoms. The number of amides is 1. The van der Waals surface area contributed by atoms with Gasteiger partial charge in [0, 0.05) is 36.1 Å². The molecule has 0 unspecified atom stereocenters. The van der Waals surface area contributed by atoms with Crippen LogP contribution in [0.2, 0.25) is 0 Å². The number of carboxylic acid groups (broad SMARTS) is 1. The summed E-state index contributed by atoms with van der Waals surface area (Å²) in [6.45, 7) is 5.89. The van der Waals surface area contributed by atoms with Crippen molar-refractivity contribution in [1.82, 2.24) is 14.8 Å². The van der Waals surface area contributed by atoms with Gasteiger partial charge in [-0.15, -0.1) is 5.10 Å². The van der Waals surface area contributed by atoms with Crippen molar-refractivity contribution in [2.24, 2.45) is 11.8 Å². The van der Waals surface area contributed by atoms with Gasteiger partial charge in [0.15, 0.2) is 5.82 Å². The Morgan fingerprint density at radius 2 is 1.77 bits per heavy atom. The minimum absolute atomic E-state index is 0.000140. The number of carboxylic acids is 1. The van der Waals surface area contributed by atoms with Crippen molar-refractivity contribution in [3.63, 3.8) is 0 Å². The molecule has 1 saturated carbocycles. The van der Waals surface area contributed by atoms with Crippen LogP contribution in [0.3, 0.4) is 0 Å². The lowest BCUT2D eigenvalue weighted by atomic mass is 9.82. The summed E-state index contributed by atoms with van der Waals surface area (Å²) in [5.41, 5.74) is 3.18. The van der Waals surface area contributed by atoms with Crippen LogP contribution >= 0.6 is 0 Å². The van der Waals surface area contributed by atoms with Gasteiger partial charge < -0.3 is 10.2 Å². The van der Waals surface area contributed by atoms with Crippen LogP contribution in [0.4, 0.5) is 5.82 Å². The second kappa shape index (κ2) is 10.4. The predicted molar refractivity (Wildman–Crippen MR) is 133 cm³/mol. The quantitative estimate of drug-likeness (QED) is 0.512. The summed E-state index contributed by atoms with van der Waals surface area (Å²) >= 11 is 0. The molecule has 0 aliphatic heterocycles. The number of carbonyl (C=O) groups excluding carboxylic acids is 1. The fourth-order valence-electron chi connectivity index (χ4n) is 4.67. The van der Waals surface area contributed by atoms with E-state index in [2.05, 4.69) is 17.0 Å².